The summed E-state index contributed by atoms with van der Waals surface area (Å²) in [5, 5.41) is 12.2. The third-order valence-electron chi connectivity index (χ3n) is 5.42. The molecule has 1 aliphatic heterocycles. The Morgan fingerprint density at radius 1 is 1.24 bits per heavy atom. The number of aromatic nitrogens is 2. The zero-order valence-electron chi connectivity index (χ0n) is 16.7. The molecule has 150 valence electrons. The Morgan fingerprint density at radius 2 is 2.03 bits per heavy atom. The molecule has 0 bridgehead atoms. The van der Waals surface area contributed by atoms with Crippen LogP contribution in [0.4, 0.5) is 5.69 Å². The Kier molecular flexibility index (Phi) is 4.96. The van der Waals surface area contributed by atoms with Crippen molar-refractivity contribution in [2.75, 3.05) is 18.8 Å². The van der Waals surface area contributed by atoms with Crippen molar-refractivity contribution >= 4 is 39.1 Å². The summed E-state index contributed by atoms with van der Waals surface area (Å²) in [4.78, 5) is 28.5. The number of rotatable bonds is 3. The molecule has 0 saturated carbocycles. The van der Waals surface area contributed by atoms with Gasteiger partial charge in [0.05, 0.1) is 11.4 Å². The number of benzene rings is 1. The average Bonchev–Trinajstić information content (AvgIpc) is 3.29. The van der Waals surface area contributed by atoms with Gasteiger partial charge in [0.2, 0.25) is 0 Å². The minimum atomic E-state index is -0.116. The molecule has 0 spiro atoms. The Labute approximate surface area is 172 Å². The molecule has 0 radical (unpaired) electrons. The van der Waals surface area contributed by atoms with Gasteiger partial charge in [0.25, 0.3) is 11.8 Å². The van der Waals surface area contributed by atoms with E-state index in [1.165, 1.54) is 11.3 Å². The second-order valence-corrected chi connectivity index (χ2v) is 8.51. The van der Waals surface area contributed by atoms with Crippen molar-refractivity contribution in [3.05, 3.63) is 51.5 Å². The van der Waals surface area contributed by atoms with Crippen molar-refractivity contribution in [2.24, 2.45) is 0 Å². The number of hydrogen-bond donors (Lipinski definition) is 2. The fourth-order valence-corrected chi connectivity index (χ4v) is 4.73. The maximum Gasteiger partial charge on any atom is 0.266 e. The van der Waals surface area contributed by atoms with Gasteiger partial charge in [-0.15, -0.1) is 16.4 Å². The van der Waals surface area contributed by atoms with Crippen LogP contribution in [0.25, 0.3) is 10.2 Å². The van der Waals surface area contributed by atoms with Gasteiger partial charge in [-0.2, -0.15) is 5.10 Å². The van der Waals surface area contributed by atoms with Crippen molar-refractivity contribution < 1.29 is 9.59 Å². The number of anilines is 1. The Hall–Kier alpha value is -3.00. The predicted molar refractivity (Wildman–Crippen MR) is 114 cm³/mol. The van der Waals surface area contributed by atoms with E-state index in [-0.39, 0.29) is 17.9 Å². The number of carbonyl (C=O) groups excluding carboxylic acids is 2. The summed E-state index contributed by atoms with van der Waals surface area (Å²) in [5.41, 5.74) is 10.2. The summed E-state index contributed by atoms with van der Waals surface area (Å²) in [6.45, 7) is 6.82. The highest BCUT2D eigenvalue weighted by Gasteiger charge is 2.31. The molecule has 3 heterocycles. The third-order valence-corrected chi connectivity index (χ3v) is 6.50. The number of carbonyl (C=O) groups is 2. The van der Waals surface area contributed by atoms with Crippen LogP contribution in [0.1, 0.15) is 43.3 Å². The first-order valence-electron chi connectivity index (χ1n) is 9.53. The van der Waals surface area contributed by atoms with Gasteiger partial charge < -0.3 is 16.0 Å². The second-order valence-electron chi connectivity index (χ2n) is 7.52. The number of thiophene rings is 1. The average molecular weight is 410 g/mol. The Morgan fingerprint density at radius 3 is 2.79 bits per heavy atom. The molecule has 2 aromatic heterocycles. The molecule has 1 fully saturated rings. The van der Waals surface area contributed by atoms with E-state index in [0.717, 1.165) is 22.2 Å². The van der Waals surface area contributed by atoms with Crippen LogP contribution in [0.2, 0.25) is 0 Å². The number of likely N-dealkylation sites (tertiary alicyclic amines) is 1. The first-order valence-corrected chi connectivity index (χ1v) is 10.4. The van der Waals surface area contributed by atoms with Crippen molar-refractivity contribution in [3.63, 3.8) is 0 Å². The predicted octanol–water partition coefficient (Wildman–Crippen LogP) is 2.84. The van der Waals surface area contributed by atoms with Gasteiger partial charge in [-0.1, -0.05) is 17.7 Å². The topological polar surface area (TPSA) is 101 Å². The molecule has 2 amide bonds. The molecule has 8 heteroatoms. The standard InChI is InChI=1S/C21H23N5O2S/c1-11-5-4-6-14(9-11)19(27)23-15-7-8-26(10-15)21(28)18-17(22)16-12(2)13(3)24-25-20(16)29-18/h4-6,9,15H,7-8,10,22H2,1-3H3,(H,23,27). The largest absolute Gasteiger partial charge is 0.397 e. The van der Waals surface area contributed by atoms with Crippen LogP contribution in [-0.2, 0) is 0 Å². The van der Waals surface area contributed by atoms with Crippen LogP contribution in [0, 0.1) is 20.8 Å². The van der Waals surface area contributed by atoms with Gasteiger partial charge in [-0.25, -0.2) is 0 Å². The first-order chi connectivity index (χ1) is 13.8. The maximum atomic E-state index is 13.1. The lowest BCUT2D eigenvalue weighted by Crippen LogP contribution is -2.38. The zero-order chi connectivity index (χ0) is 20.7. The second kappa shape index (κ2) is 7.44. The molecule has 1 unspecified atom stereocenters. The molecule has 3 aromatic rings. The molecular formula is C21H23N5O2S. The summed E-state index contributed by atoms with van der Waals surface area (Å²) >= 11 is 1.28. The lowest BCUT2D eigenvalue weighted by atomic mass is 10.1. The van der Waals surface area contributed by atoms with Crippen LogP contribution < -0.4 is 11.1 Å². The normalized spacial score (nSPS) is 16.4. The Balaban J connectivity index is 1.49. The van der Waals surface area contributed by atoms with Crippen LogP contribution in [0.15, 0.2) is 24.3 Å². The van der Waals surface area contributed by atoms with Gasteiger partial charge in [0.15, 0.2) is 0 Å². The number of nitrogens with one attached hydrogen (secondary N) is 1. The van der Waals surface area contributed by atoms with E-state index in [4.69, 9.17) is 5.73 Å². The monoisotopic (exact) mass is 409 g/mol. The number of fused-ring (bicyclic) bond motifs is 1. The SMILES string of the molecule is Cc1cccc(C(=O)NC2CCN(C(=O)c3sc4nnc(C)c(C)c4c3N)C2)c1. The number of nitrogens with two attached hydrogens (primary N) is 1. The van der Waals surface area contributed by atoms with E-state index in [2.05, 4.69) is 15.5 Å². The van der Waals surface area contributed by atoms with Crippen LogP contribution in [0.3, 0.4) is 0 Å². The van der Waals surface area contributed by atoms with E-state index in [0.29, 0.717) is 40.5 Å². The van der Waals surface area contributed by atoms with Gasteiger partial charge in [0.1, 0.15) is 9.71 Å². The summed E-state index contributed by atoms with van der Waals surface area (Å²) < 4.78 is 0. The minimum Gasteiger partial charge on any atom is -0.397 e. The summed E-state index contributed by atoms with van der Waals surface area (Å²) in [7, 11) is 0. The van der Waals surface area contributed by atoms with E-state index < -0.39 is 0 Å². The number of aryl methyl sites for hydroxylation is 3. The number of amides is 2. The molecule has 4 rings (SSSR count). The number of nitrogens with zero attached hydrogens (tertiary/aromatic N) is 3. The molecule has 7 nitrogen and oxygen atoms in total. The highest BCUT2D eigenvalue weighted by atomic mass is 32.1. The van der Waals surface area contributed by atoms with Crippen LogP contribution in [0.5, 0.6) is 0 Å². The van der Waals surface area contributed by atoms with Gasteiger partial charge in [0, 0.05) is 30.1 Å². The van der Waals surface area contributed by atoms with Crippen molar-refractivity contribution in [1.82, 2.24) is 20.4 Å². The molecule has 1 saturated heterocycles. The lowest BCUT2D eigenvalue weighted by Gasteiger charge is -2.17. The first kappa shape index (κ1) is 19.3. The third kappa shape index (κ3) is 3.55. The van der Waals surface area contributed by atoms with Crippen molar-refractivity contribution in [1.29, 1.82) is 0 Å². The smallest absolute Gasteiger partial charge is 0.266 e. The van der Waals surface area contributed by atoms with Gasteiger partial charge in [-0.3, -0.25) is 9.59 Å². The molecule has 1 aromatic carbocycles. The van der Waals surface area contributed by atoms with Gasteiger partial charge >= 0.3 is 0 Å². The summed E-state index contributed by atoms with van der Waals surface area (Å²) in [6, 6.07) is 7.40. The highest BCUT2D eigenvalue weighted by molar-refractivity contribution is 7.21. The molecule has 3 N–H and O–H groups in total. The quantitative estimate of drug-likeness (QED) is 0.693. The van der Waals surface area contributed by atoms with E-state index in [9.17, 15) is 9.59 Å². The lowest BCUT2D eigenvalue weighted by molar-refractivity contribution is 0.0788. The number of nitrogen functional groups attached to an aromatic ring is 1. The Bertz CT molecular complexity index is 1120. The van der Waals surface area contributed by atoms with Crippen LogP contribution in [-0.4, -0.2) is 46.0 Å². The maximum absolute atomic E-state index is 13.1. The van der Waals surface area contributed by atoms with E-state index >= 15 is 0 Å². The molecule has 1 atom stereocenters. The fourth-order valence-electron chi connectivity index (χ4n) is 3.66. The van der Waals surface area contributed by atoms with Crippen molar-refractivity contribution in [2.45, 2.75) is 33.2 Å². The van der Waals surface area contributed by atoms with Gasteiger partial charge in [-0.05, 0) is 44.9 Å². The summed E-state index contributed by atoms with van der Waals surface area (Å²) in [5.74, 6) is -0.231. The highest BCUT2D eigenvalue weighted by Crippen LogP contribution is 2.36. The molecule has 1 aliphatic rings. The van der Waals surface area contributed by atoms with Crippen LogP contribution >= 0.6 is 11.3 Å². The minimum absolute atomic E-state index is 0.0775. The zero-order valence-corrected chi connectivity index (χ0v) is 17.5. The molecular weight excluding hydrogens is 386 g/mol. The van der Waals surface area contributed by atoms with Crippen molar-refractivity contribution in [3.8, 4) is 0 Å². The summed E-state index contributed by atoms with van der Waals surface area (Å²) in [6.07, 6.45) is 0.714. The van der Waals surface area contributed by atoms with E-state index in [1.807, 2.05) is 39.0 Å². The number of hydrogen-bond acceptors (Lipinski definition) is 6. The van der Waals surface area contributed by atoms with E-state index in [1.54, 1.807) is 11.0 Å². The molecule has 29 heavy (non-hydrogen) atoms. The molecule has 0 aliphatic carbocycles. The fraction of sp³-hybridized carbons (Fsp3) is 0.333.